The van der Waals surface area contributed by atoms with Crippen molar-refractivity contribution in [3.8, 4) is 22.3 Å². The smallest absolute Gasteiger partial charge is 0.0707 e. The summed E-state index contributed by atoms with van der Waals surface area (Å²) in [5.74, 6) is 2.20. The van der Waals surface area contributed by atoms with Crippen LogP contribution in [0.2, 0.25) is 0 Å². The van der Waals surface area contributed by atoms with Gasteiger partial charge in [-0.2, -0.15) is 0 Å². The molecule has 9 aromatic rings. The molecule has 0 saturated heterocycles. The average Bonchev–Trinajstić information content (AvgIpc) is 3.35. The number of hydrogen-bond donors (Lipinski definition) is 0. The molecule has 1 nitrogen and oxygen atoms in total. The Kier molecular flexibility index (Phi) is 10.6. The van der Waals surface area contributed by atoms with E-state index in [0.29, 0.717) is 23.7 Å². The number of rotatable bonds is 7. The van der Waals surface area contributed by atoms with E-state index >= 15 is 0 Å². The maximum Gasteiger partial charge on any atom is 0.0707 e. The van der Waals surface area contributed by atoms with E-state index in [1.165, 1.54) is 92.1 Å². The van der Waals surface area contributed by atoms with Crippen molar-refractivity contribution in [1.29, 1.82) is 0 Å². The number of benzene rings is 9. The molecule has 2 bridgehead atoms. The molecule has 9 aromatic carbocycles. The Morgan fingerprint density at radius 3 is 1.39 bits per heavy atom. The summed E-state index contributed by atoms with van der Waals surface area (Å²) in [6.45, 7) is 5.03. The van der Waals surface area contributed by atoms with Crippen molar-refractivity contribution < 1.29 is 0 Å². The molecule has 0 aliphatic heterocycles. The van der Waals surface area contributed by atoms with E-state index in [2.05, 4.69) is 243 Å². The lowest BCUT2D eigenvalue weighted by atomic mass is 9.58. The molecule has 1 heteroatoms. The second-order valence-electron chi connectivity index (χ2n) is 18.7. The van der Waals surface area contributed by atoms with Gasteiger partial charge in [0.15, 0.2) is 0 Å². The summed E-state index contributed by atoms with van der Waals surface area (Å²) in [6.07, 6.45) is 4.83. The number of anilines is 3. The van der Waals surface area contributed by atoms with E-state index in [1.807, 2.05) is 0 Å². The molecule has 3 aliphatic carbocycles. The highest BCUT2D eigenvalue weighted by Gasteiger charge is 2.45. The minimum absolute atomic E-state index is 0.444. The van der Waals surface area contributed by atoms with Gasteiger partial charge in [0.2, 0.25) is 0 Å². The van der Waals surface area contributed by atoms with Gasteiger partial charge in [0.05, 0.1) is 5.41 Å². The third-order valence-corrected chi connectivity index (χ3v) is 14.5. The zero-order valence-electron chi connectivity index (χ0n) is 36.9. The first-order valence-electron chi connectivity index (χ1n) is 23.4. The van der Waals surface area contributed by atoms with E-state index in [9.17, 15) is 0 Å². The number of nitrogens with zero attached hydrogens (tertiary/aromatic N) is 1. The third-order valence-electron chi connectivity index (χ3n) is 14.5. The predicted molar refractivity (Wildman–Crippen MR) is 270 cm³/mol. The Morgan fingerprint density at radius 1 is 0.344 bits per heavy atom. The molecule has 0 N–H and O–H groups in total. The molecule has 0 heterocycles. The molecule has 4 atom stereocenters. The van der Waals surface area contributed by atoms with Crippen LogP contribution >= 0.6 is 0 Å². The lowest BCUT2D eigenvalue weighted by Crippen LogP contribution is -2.36. The fourth-order valence-corrected chi connectivity index (χ4v) is 11.8. The van der Waals surface area contributed by atoms with E-state index in [4.69, 9.17) is 0 Å². The van der Waals surface area contributed by atoms with Crippen LogP contribution in [-0.4, -0.2) is 0 Å². The van der Waals surface area contributed by atoms with Crippen LogP contribution in [0.1, 0.15) is 84.7 Å². The van der Waals surface area contributed by atoms with Crippen molar-refractivity contribution in [2.45, 2.75) is 56.8 Å². The van der Waals surface area contributed by atoms with Gasteiger partial charge in [0.1, 0.15) is 0 Å². The molecule has 312 valence electrons. The first-order chi connectivity index (χ1) is 31.5. The van der Waals surface area contributed by atoms with E-state index in [0.717, 1.165) is 17.1 Å². The molecule has 0 aromatic heterocycles. The molecule has 2 unspecified atom stereocenters. The van der Waals surface area contributed by atoms with Crippen LogP contribution in [0.25, 0.3) is 33.0 Å². The van der Waals surface area contributed by atoms with Gasteiger partial charge in [-0.25, -0.2) is 0 Å². The zero-order valence-corrected chi connectivity index (χ0v) is 36.9. The summed E-state index contributed by atoms with van der Waals surface area (Å²) >= 11 is 0. The summed E-state index contributed by atoms with van der Waals surface area (Å²) in [5.41, 5.74) is 16.4. The van der Waals surface area contributed by atoms with Crippen LogP contribution in [0.3, 0.4) is 0 Å². The highest BCUT2D eigenvalue weighted by molar-refractivity contribution is 5.90. The normalized spacial score (nSPS) is 19.0. The molecular formula is C63H55N. The van der Waals surface area contributed by atoms with Gasteiger partial charge in [0.25, 0.3) is 0 Å². The molecular weight excluding hydrogens is 771 g/mol. The Bertz CT molecular complexity index is 2970. The highest BCUT2D eigenvalue weighted by Crippen LogP contribution is 2.55. The Morgan fingerprint density at radius 2 is 0.781 bits per heavy atom. The van der Waals surface area contributed by atoms with Gasteiger partial charge in [-0.1, -0.05) is 202 Å². The first-order valence-corrected chi connectivity index (χ1v) is 23.4. The van der Waals surface area contributed by atoms with Crippen LogP contribution in [0.4, 0.5) is 17.1 Å². The molecule has 12 rings (SSSR count). The van der Waals surface area contributed by atoms with Crippen molar-refractivity contribution in [1.82, 2.24) is 0 Å². The van der Waals surface area contributed by atoms with Crippen molar-refractivity contribution in [2.75, 3.05) is 4.90 Å². The molecule has 1 saturated carbocycles. The summed E-state index contributed by atoms with van der Waals surface area (Å²) in [4.78, 5) is 2.40. The average molecular weight is 826 g/mol. The number of hydrogen-bond acceptors (Lipinski definition) is 1. The molecule has 0 amide bonds. The lowest BCUT2D eigenvalue weighted by molar-refractivity contribution is 0.284. The number of fused-ring (bicyclic) bond motifs is 5. The molecule has 3 aliphatic rings. The molecule has 0 radical (unpaired) electrons. The molecule has 64 heavy (non-hydrogen) atoms. The van der Waals surface area contributed by atoms with Gasteiger partial charge in [-0.15, -0.1) is 0 Å². The largest absolute Gasteiger partial charge is 0.310 e. The quantitative estimate of drug-likeness (QED) is 0.155. The Hall–Kier alpha value is -6.96. The van der Waals surface area contributed by atoms with Gasteiger partial charge in [-0.3, -0.25) is 0 Å². The monoisotopic (exact) mass is 825 g/mol. The third kappa shape index (κ3) is 7.24. The molecule has 1 fully saturated rings. The van der Waals surface area contributed by atoms with Crippen molar-refractivity contribution in [3.63, 3.8) is 0 Å². The van der Waals surface area contributed by atoms with Gasteiger partial charge >= 0.3 is 0 Å². The fraction of sp³-hybridized carbons (Fsp3) is 0.175. The Balaban J connectivity index is 1.08. The van der Waals surface area contributed by atoms with Crippen molar-refractivity contribution >= 4 is 27.8 Å². The van der Waals surface area contributed by atoms with E-state index < -0.39 is 5.41 Å². The summed E-state index contributed by atoms with van der Waals surface area (Å²) in [5, 5.41) is 2.47. The minimum atomic E-state index is -0.481. The Labute approximate surface area is 379 Å². The van der Waals surface area contributed by atoms with Crippen LogP contribution < -0.4 is 4.90 Å². The van der Waals surface area contributed by atoms with Gasteiger partial charge < -0.3 is 4.90 Å². The summed E-state index contributed by atoms with van der Waals surface area (Å²) in [7, 11) is 0. The predicted octanol–water partition coefficient (Wildman–Crippen LogP) is 17.1. The standard InChI is InChI=1S/C63H55N/c1-44-38-52-39-45(2)41-53(40-44)60-43-51(31-37-62(60)63(54-20-8-4-9-21-54,55-22-10-5-11-23-55)61-25-15-14-24-59(52)61)49-28-34-57(35-29-49)64(58-36-30-47-18-12-13-19-50(47)42-58)56-32-26-48(27-33-56)46-16-6-3-7-17-46/h3-37,42-45,52-53H,38-41H2,1-2H3/t44-,45+,52?,53?. The molecule has 0 spiro atoms. The van der Waals surface area contributed by atoms with Crippen LogP contribution in [0.15, 0.2) is 224 Å². The van der Waals surface area contributed by atoms with Gasteiger partial charge in [-0.05, 0) is 152 Å². The highest BCUT2D eigenvalue weighted by atomic mass is 15.1. The summed E-state index contributed by atoms with van der Waals surface area (Å²) < 4.78 is 0. The van der Waals surface area contributed by atoms with Crippen molar-refractivity contribution in [2.24, 2.45) is 11.8 Å². The summed E-state index contributed by atoms with van der Waals surface area (Å²) in [6, 6.07) is 84.3. The SMILES string of the molecule is C[C@@H]1CC2C[C@H](C)CC(C1)c1cc(-c3ccc(N(c4ccc(-c5ccccc5)cc4)c4ccc5ccccc5c4)cc3)ccc1C(c1ccccc1)(c1ccccc1)c1ccccc12. The maximum atomic E-state index is 2.60. The fourth-order valence-electron chi connectivity index (χ4n) is 11.8. The maximum absolute atomic E-state index is 2.60. The minimum Gasteiger partial charge on any atom is -0.310 e. The second-order valence-corrected chi connectivity index (χ2v) is 18.7. The van der Waals surface area contributed by atoms with Crippen LogP contribution in [0, 0.1) is 11.8 Å². The van der Waals surface area contributed by atoms with Gasteiger partial charge in [0, 0.05) is 17.1 Å². The van der Waals surface area contributed by atoms with E-state index in [1.54, 1.807) is 0 Å². The lowest BCUT2D eigenvalue weighted by Gasteiger charge is -2.45. The second kappa shape index (κ2) is 17.0. The topological polar surface area (TPSA) is 3.24 Å². The van der Waals surface area contributed by atoms with Crippen LogP contribution in [0.5, 0.6) is 0 Å². The first kappa shape index (κ1) is 39.9. The zero-order chi connectivity index (χ0) is 43.0. The van der Waals surface area contributed by atoms with Crippen molar-refractivity contribution in [3.05, 3.63) is 258 Å². The van der Waals surface area contributed by atoms with E-state index in [-0.39, 0.29) is 0 Å². The van der Waals surface area contributed by atoms with Crippen LogP contribution in [-0.2, 0) is 5.41 Å².